The third-order valence-corrected chi connectivity index (χ3v) is 3.29. The van der Waals surface area contributed by atoms with Crippen LogP contribution in [0.1, 0.15) is 0 Å². The lowest BCUT2D eigenvalue weighted by molar-refractivity contribution is 1.46. The number of hydrogen-bond acceptors (Lipinski definition) is 2. The van der Waals surface area contributed by atoms with E-state index >= 15 is 0 Å². The van der Waals surface area contributed by atoms with Crippen molar-refractivity contribution in [3.8, 4) is 0 Å². The van der Waals surface area contributed by atoms with Crippen LogP contribution in [-0.2, 0) is 0 Å². The van der Waals surface area contributed by atoms with E-state index in [2.05, 4.69) is 29.0 Å². The Kier molecular flexibility index (Phi) is 4.61. The molecule has 0 saturated heterocycles. The van der Waals surface area contributed by atoms with Crippen LogP contribution in [0.5, 0.6) is 0 Å². The summed E-state index contributed by atoms with van der Waals surface area (Å²) in [6.07, 6.45) is 2.06. The topological polar surface area (TPSA) is 24.1 Å². The van der Waals surface area contributed by atoms with Crippen molar-refractivity contribution in [3.05, 3.63) is 54.6 Å². The molecule has 0 atom stereocenters. The van der Waals surface area contributed by atoms with E-state index in [4.69, 9.17) is 12.2 Å². The molecule has 0 bridgehead atoms. The van der Waals surface area contributed by atoms with Crippen molar-refractivity contribution in [2.45, 2.75) is 4.90 Å². The molecule has 92 valence electrons. The number of nitrogens with one attached hydrogen (secondary N) is 2. The fraction of sp³-hybridized carbons (Fsp3) is 0.0714. The number of benzene rings is 2. The summed E-state index contributed by atoms with van der Waals surface area (Å²) in [5.74, 6) is 0. The summed E-state index contributed by atoms with van der Waals surface area (Å²) in [6, 6.07) is 18.0. The number of thioether (sulfide) groups is 1. The number of anilines is 2. The van der Waals surface area contributed by atoms with Gasteiger partial charge in [-0.05, 0) is 48.8 Å². The SMILES string of the molecule is CSc1cccc(NC(=S)Nc2ccccc2)c1. The Balaban J connectivity index is 1.99. The van der Waals surface area contributed by atoms with Gasteiger partial charge in [0.1, 0.15) is 0 Å². The van der Waals surface area contributed by atoms with Crippen molar-refractivity contribution in [2.24, 2.45) is 0 Å². The molecule has 0 saturated carbocycles. The second kappa shape index (κ2) is 6.42. The van der Waals surface area contributed by atoms with Crippen LogP contribution < -0.4 is 10.6 Å². The Hall–Kier alpha value is -1.52. The highest BCUT2D eigenvalue weighted by atomic mass is 32.2. The molecule has 2 rings (SSSR count). The van der Waals surface area contributed by atoms with Gasteiger partial charge in [-0.25, -0.2) is 0 Å². The molecule has 4 heteroatoms. The Morgan fingerprint density at radius 2 is 1.61 bits per heavy atom. The van der Waals surface area contributed by atoms with Crippen LogP contribution >= 0.6 is 24.0 Å². The van der Waals surface area contributed by atoms with Crippen LogP contribution in [0.15, 0.2) is 59.5 Å². The minimum absolute atomic E-state index is 0.597. The highest BCUT2D eigenvalue weighted by Crippen LogP contribution is 2.19. The zero-order valence-corrected chi connectivity index (χ0v) is 11.6. The highest BCUT2D eigenvalue weighted by Gasteiger charge is 1.99. The largest absolute Gasteiger partial charge is 0.332 e. The van der Waals surface area contributed by atoms with E-state index in [0.29, 0.717) is 5.11 Å². The molecule has 2 aromatic rings. The Morgan fingerprint density at radius 3 is 2.33 bits per heavy atom. The van der Waals surface area contributed by atoms with E-state index in [1.165, 1.54) is 4.90 Å². The lowest BCUT2D eigenvalue weighted by Gasteiger charge is -2.11. The summed E-state index contributed by atoms with van der Waals surface area (Å²) in [7, 11) is 0. The van der Waals surface area contributed by atoms with Crippen LogP contribution in [0.25, 0.3) is 0 Å². The van der Waals surface area contributed by atoms with Gasteiger partial charge in [-0.15, -0.1) is 11.8 Å². The maximum absolute atomic E-state index is 5.27. The summed E-state index contributed by atoms with van der Waals surface area (Å²) < 4.78 is 0. The van der Waals surface area contributed by atoms with Gasteiger partial charge in [-0.2, -0.15) is 0 Å². The molecular weight excluding hydrogens is 260 g/mol. The summed E-state index contributed by atoms with van der Waals surface area (Å²) in [5.41, 5.74) is 1.98. The molecule has 0 amide bonds. The fourth-order valence-corrected chi connectivity index (χ4v) is 2.21. The molecule has 0 aliphatic carbocycles. The smallest absolute Gasteiger partial charge is 0.175 e. The van der Waals surface area contributed by atoms with Gasteiger partial charge >= 0.3 is 0 Å². The highest BCUT2D eigenvalue weighted by molar-refractivity contribution is 7.98. The molecule has 0 unspecified atom stereocenters. The Bertz CT molecular complexity index is 526. The fourth-order valence-electron chi connectivity index (χ4n) is 1.52. The first-order valence-corrected chi connectivity index (χ1v) is 7.18. The van der Waals surface area contributed by atoms with Gasteiger partial charge in [0.05, 0.1) is 0 Å². The van der Waals surface area contributed by atoms with Crippen LogP contribution in [0.4, 0.5) is 11.4 Å². The van der Waals surface area contributed by atoms with Crippen LogP contribution in [-0.4, -0.2) is 11.4 Å². The maximum Gasteiger partial charge on any atom is 0.175 e. The molecular formula is C14H14N2S2. The standard InChI is InChI=1S/C14H14N2S2/c1-18-13-9-5-8-12(10-13)16-14(17)15-11-6-3-2-4-7-11/h2-10H,1H3,(H2,15,16,17). The van der Waals surface area contributed by atoms with Crippen molar-refractivity contribution in [1.82, 2.24) is 0 Å². The lowest BCUT2D eigenvalue weighted by Crippen LogP contribution is -2.18. The number of para-hydroxylation sites is 1. The zero-order valence-electron chi connectivity index (χ0n) is 10.0. The predicted molar refractivity (Wildman–Crippen MR) is 84.5 cm³/mol. The van der Waals surface area contributed by atoms with Crippen molar-refractivity contribution >= 4 is 40.5 Å². The second-order valence-corrected chi connectivity index (χ2v) is 4.97. The molecule has 2 aromatic carbocycles. The van der Waals surface area contributed by atoms with Crippen LogP contribution in [0.3, 0.4) is 0 Å². The molecule has 0 radical (unpaired) electrons. The van der Waals surface area contributed by atoms with Crippen molar-refractivity contribution in [3.63, 3.8) is 0 Å². The van der Waals surface area contributed by atoms with E-state index in [9.17, 15) is 0 Å². The van der Waals surface area contributed by atoms with Gasteiger partial charge in [-0.1, -0.05) is 24.3 Å². The van der Waals surface area contributed by atoms with Crippen molar-refractivity contribution < 1.29 is 0 Å². The van der Waals surface area contributed by atoms with E-state index in [0.717, 1.165) is 11.4 Å². The molecule has 0 heterocycles. The average molecular weight is 274 g/mol. The second-order valence-electron chi connectivity index (χ2n) is 3.68. The minimum atomic E-state index is 0.597. The first-order valence-electron chi connectivity index (χ1n) is 5.55. The normalized spacial score (nSPS) is 9.83. The molecule has 2 nitrogen and oxygen atoms in total. The van der Waals surface area contributed by atoms with E-state index < -0.39 is 0 Å². The van der Waals surface area contributed by atoms with Crippen molar-refractivity contribution in [2.75, 3.05) is 16.9 Å². The molecule has 0 aliphatic rings. The van der Waals surface area contributed by atoms with Gasteiger partial charge in [0.2, 0.25) is 0 Å². The molecule has 0 spiro atoms. The molecule has 18 heavy (non-hydrogen) atoms. The number of hydrogen-bond donors (Lipinski definition) is 2. The Labute approximate surface area is 117 Å². The van der Waals surface area contributed by atoms with Crippen molar-refractivity contribution in [1.29, 1.82) is 0 Å². The quantitative estimate of drug-likeness (QED) is 0.646. The summed E-state index contributed by atoms with van der Waals surface area (Å²) in [6.45, 7) is 0. The van der Waals surface area contributed by atoms with Crippen LogP contribution in [0, 0.1) is 0 Å². The van der Waals surface area contributed by atoms with E-state index in [-0.39, 0.29) is 0 Å². The van der Waals surface area contributed by atoms with Gasteiger partial charge in [0, 0.05) is 16.3 Å². The third-order valence-electron chi connectivity index (χ3n) is 2.36. The van der Waals surface area contributed by atoms with Gasteiger partial charge < -0.3 is 10.6 Å². The summed E-state index contributed by atoms with van der Waals surface area (Å²) >= 11 is 6.98. The predicted octanol–water partition coefficient (Wildman–Crippen LogP) is 4.22. The van der Waals surface area contributed by atoms with E-state index in [1.807, 2.05) is 42.5 Å². The van der Waals surface area contributed by atoms with E-state index in [1.54, 1.807) is 11.8 Å². The number of thiocarbonyl (C=S) groups is 1. The summed E-state index contributed by atoms with van der Waals surface area (Å²) in [4.78, 5) is 1.21. The van der Waals surface area contributed by atoms with Gasteiger partial charge in [-0.3, -0.25) is 0 Å². The zero-order chi connectivity index (χ0) is 12.8. The average Bonchev–Trinajstić information content (AvgIpc) is 2.40. The third kappa shape index (κ3) is 3.75. The summed E-state index contributed by atoms with van der Waals surface area (Å²) in [5, 5.41) is 6.91. The Morgan fingerprint density at radius 1 is 0.944 bits per heavy atom. The van der Waals surface area contributed by atoms with Crippen LogP contribution in [0.2, 0.25) is 0 Å². The first-order chi connectivity index (χ1) is 8.78. The molecule has 0 aromatic heterocycles. The van der Waals surface area contributed by atoms with Gasteiger partial charge in [0.25, 0.3) is 0 Å². The molecule has 0 fully saturated rings. The molecule has 0 aliphatic heterocycles. The first kappa shape index (κ1) is 12.9. The number of rotatable bonds is 3. The maximum atomic E-state index is 5.27. The monoisotopic (exact) mass is 274 g/mol. The molecule has 2 N–H and O–H groups in total. The minimum Gasteiger partial charge on any atom is -0.332 e. The lowest BCUT2D eigenvalue weighted by atomic mass is 10.3. The van der Waals surface area contributed by atoms with Gasteiger partial charge in [0.15, 0.2) is 5.11 Å².